The van der Waals surface area contributed by atoms with E-state index in [2.05, 4.69) is 29.1 Å². The number of aryl methyl sites for hydroxylation is 1. The number of para-hydroxylation sites is 2. The summed E-state index contributed by atoms with van der Waals surface area (Å²) < 4.78 is 1.93. The first-order chi connectivity index (χ1) is 18.1. The van der Waals surface area contributed by atoms with Crippen molar-refractivity contribution in [1.29, 1.82) is 0 Å². The number of benzene rings is 2. The number of rotatable bonds is 5. The molecule has 2 atom stereocenters. The second-order valence-corrected chi connectivity index (χ2v) is 10.3. The Balaban J connectivity index is 1.45. The molecule has 2 aromatic carbocycles. The van der Waals surface area contributed by atoms with Crippen LogP contribution in [0.2, 0.25) is 0 Å². The van der Waals surface area contributed by atoms with Crippen molar-refractivity contribution in [2.24, 2.45) is 0 Å². The molecule has 0 radical (unpaired) electrons. The van der Waals surface area contributed by atoms with Crippen LogP contribution in [0.3, 0.4) is 0 Å². The largest absolute Gasteiger partial charge is 0.337 e. The average Bonchev–Trinajstić information content (AvgIpc) is 3.34. The summed E-state index contributed by atoms with van der Waals surface area (Å²) >= 11 is 0. The molecule has 37 heavy (non-hydrogen) atoms. The van der Waals surface area contributed by atoms with Crippen LogP contribution in [0.1, 0.15) is 57.9 Å². The number of hydrogen-bond donors (Lipinski definition) is 0. The first-order valence-electron chi connectivity index (χ1n) is 13.9. The Morgan fingerprint density at radius 2 is 1.73 bits per heavy atom. The van der Waals surface area contributed by atoms with Crippen molar-refractivity contribution in [3.05, 3.63) is 60.3 Å². The molecule has 1 aromatic heterocycles. The predicted octanol–water partition coefficient (Wildman–Crippen LogP) is 4.84. The van der Waals surface area contributed by atoms with Crippen molar-refractivity contribution < 1.29 is 9.59 Å². The Hall–Kier alpha value is -3.19. The van der Waals surface area contributed by atoms with Gasteiger partial charge in [0, 0.05) is 55.6 Å². The zero-order chi connectivity index (χ0) is 25.8. The normalized spacial score (nSPS) is 20.9. The number of carbonyl (C=O) groups excluding carboxylic acids is 2. The van der Waals surface area contributed by atoms with Crippen molar-refractivity contribution in [1.82, 2.24) is 19.6 Å². The molecule has 0 spiro atoms. The Morgan fingerprint density at radius 1 is 0.946 bits per heavy atom. The summed E-state index contributed by atoms with van der Waals surface area (Å²) in [6, 6.07) is 17.0. The van der Waals surface area contributed by atoms with Crippen LogP contribution in [0.25, 0.3) is 10.9 Å². The van der Waals surface area contributed by atoms with Gasteiger partial charge in [0.1, 0.15) is 0 Å². The van der Waals surface area contributed by atoms with Gasteiger partial charge in [-0.05, 0) is 43.5 Å². The maximum Gasteiger partial charge on any atom is 0.226 e. The Bertz CT molecular complexity index is 1240. The minimum Gasteiger partial charge on any atom is -0.337 e. The minimum atomic E-state index is 0.139. The number of hydrogen-bond acceptors (Lipinski definition) is 4. The fourth-order valence-electron chi connectivity index (χ4n) is 6.28. The highest BCUT2D eigenvalue weighted by Gasteiger charge is 2.33. The molecule has 2 amide bonds. The molecular weight excluding hydrogens is 462 g/mol. The van der Waals surface area contributed by atoms with E-state index in [1.807, 2.05) is 64.0 Å². The molecular formula is C30H39N5O2. The molecule has 7 nitrogen and oxygen atoms in total. The highest BCUT2D eigenvalue weighted by Crippen LogP contribution is 2.30. The summed E-state index contributed by atoms with van der Waals surface area (Å²) in [6.07, 6.45) is 7.13. The zero-order valence-electron chi connectivity index (χ0n) is 22.2. The fraction of sp³-hybridized carbons (Fsp3) is 0.500. The molecule has 0 aliphatic carbocycles. The lowest BCUT2D eigenvalue weighted by Gasteiger charge is -2.43. The van der Waals surface area contributed by atoms with Crippen molar-refractivity contribution in [3.8, 4) is 0 Å². The maximum atomic E-state index is 13.8. The van der Waals surface area contributed by atoms with Crippen LogP contribution in [-0.4, -0.2) is 63.1 Å². The number of piperidine rings is 1. The third-order valence-corrected chi connectivity index (χ3v) is 8.18. The van der Waals surface area contributed by atoms with Crippen LogP contribution in [-0.2, 0) is 22.7 Å². The molecule has 1 saturated heterocycles. The van der Waals surface area contributed by atoms with E-state index < -0.39 is 0 Å². The molecule has 2 bridgehead atoms. The Morgan fingerprint density at radius 3 is 2.57 bits per heavy atom. The quantitative estimate of drug-likeness (QED) is 0.502. The molecule has 0 N–H and O–H groups in total. The van der Waals surface area contributed by atoms with Gasteiger partial charge in [0.15, 0.2) is 0 Å². The number of amides is 2. The molecule has 2 aliphatic heterocycles. The van der Waals surface area contributed by atoms with Crippen LogP contribution < -0.4 is 4.90 Å². The van der Waals surface area contributed by atoms with Gasteiger partial charge in [-0.1, -0.05) is 56.7 Å². The molecule has 3 heterocycles. The van der Waals surface area contributed by atoms with Gasteiger partial charge in [-0.15, -0.1) is 0 Å². The highest BCUT2D eigenvalue weighted by molar-refractivity contribution is 5.94. The third kappa shape index (κ3) is 5.42. The average molecular weight is 502 g/mol. The summed E-state index contributed by atoms with van der Waals surface area (Å²) in [5.74, 6) is 0.283. The van der Waals surface area contributed by atoms with Gasteiger partial charge in [-0.2, -0.15) is 5.10 Å². The van der Waals surface area contributed by atoms with Crippen molar-refractivity contribution >= 4 is 28.4 Å². The van der Waals surface area contributed by atoms with E-state index >= 15 is 0 Å². The third-order valence-electron chi connectivity index (χ3n) is 8.18. The fourth-order valence-corrected chi connectivity index (χ4v) is 6.28. The van der Waals surface area contributed by atoms with E-state index in [4.69, 9.17) is 0 Å². The molecule has 5 rings (SSSR count). The molecule has 2 unspecified atom stereocenters. The van der Waals surface area contributed by atoms with E-state index in [1.54, 1.807) is 0 Å². The van der Waals surface area contributed by atoms with Crippen LogP contribution in [0, 0.1) is 0 Å². The van der Waals surface area contributed by atoms with Gasteiger partial charge in [0.05, 0.1) is 18.3 Å². The van der Waals surface area contributed by atoms with E-state index in [0.29, 0.717) is 38.0 Å². The van der Waals surface area contributed by atoms with Crippen molar-refractivity contribution in [2.45, 2.75) is 77.5 Å². The minimum absolute atomic E-state index is 0.139. The number of fused-ring (bicyclic) bond motifs is 4. The lowest BCUT2D eigenvalue weighted by atomic mass is 9.93. The zero-order valence-corrected chi connectivity index (χ0v) is 22.2. The summed E-state index contributed by atoms with van der Waals surface area (Å²) in [5, 5.41) is 5.62. The highest BCUT2D eigenvalue weighted by atomic mass is 16.2. The Labute approximate surface area is 220 Å². The van der Waals surface area contributed by atoms with Crippen LogP contribution in [0.15, 0.2) is 54.7 Å². The number of nitrogens with zero attached hydrogens (tertiary/aromatic N) is 5. The molecule has 0 saturated carbocycles. The standard InChI is InChI=1S/C30H39N5O2/c1-3-29(36)34-18-16-25-12-9-13-26(33(25)4-2)22-32(21-24-11-6-7-14-27(24)34)30(37)17-19-35-28-15-8-5-10-23(28)20-31-35/h5-8,10-11,14-15,20,25-26H,3-4,9,12-13,16-19,21-22H2,1-2H3. The first-order valence-corrected chi connectivity index (χ1v) is 13.9. The molecule has 1 fully saturated rings. The smallest absolute Gasteiger partial charge is 0.226 e. The second kappa shape index (κ2) is 11.5. The van der Waals surface area contributed by atoms with Crippen LogP contribution in [0.5, 0.6) is 0 Å². The molecule has 196 valence electrons. The topological polar surface area (TPSA) is 61.7 Å². The van der Waals surface area contributed by atoms with E-state index in [9.17, 15) is 9.59 Å². The van der Waals surface area contributed by atoms with Gasteiger partial charge in [-0.3, -0.25) is 19.2 Å². The first kappa shape index (κ1) is 25.5. The number of likely N-dealkylation sites (N-methyl/N-ethyl adjacent to an activating group) is 1. The monoisotopic (exact) mass is 501 g/mol. The van der Waals surface area contributed by atoms with Crippen molar-refractivity contribution in [2.75, 3.05) is 24.5 Å². The molecule has 7 heteroatoms. The number of carbonyl (C=O) groups is 2. The number of aromatic nitrogens is 2. The predicted molar refractivity (Wildman–Crippen MR) is 147 cm³/mol. The van der Waals surface area contributed by atoms with Gasteiger partial charge >= 0.3 is 0 Å². The van der Waals surface area contributed by atoms with Crippen LogP contribution in [0.4, 0.5) is 5.69 Å². The molecule has 2 aliphatic rings. The lowest BCUT2D eigenvalue weighted by Crippen LogP contribution is -2.52. The summed E-state index contributed by atoms with van der Waals surface area (Å²) in [5.41, 5.74) is 3.05. The van der Waals surface area contributed by atoms with Gasteiger partial charge in [0.2, 0.25) is 11.8 Å². The van der Waals surface area contributed by atoms with E-state index in [1.165, 1.54) is 6.42 Å². The van der Waals surface area contributed by atoms with Gasteiger partial charge < -0.3 is 9.80 Å². The maximum absolute atomic E-state index is 13.8. The van der Waals surface area contributed by atoms with Crippen LogP contribution >= 0.6 is 0 Å². The molecule has 3 aromatic rings. The summed E-state index contributed by atoms with van der Waals surface area (Å²) in [7, 11) is 0. The number of anilines is 1. The SMILES string of the molecule is CCC(=O)N1CCC2CCCC(CN(C(=O)CCn3ncc4ccccc43)Cc3ccccc31)N2CC. The second-order valence-electron chi connectivity index (χ2n) is 10.3. The van der Waals surface area contributed by atoms with E-state index in [0.717, 1.165) is 61.1 Å². The van der Waals surface area contributed by atoms with Gasteiger partial charge in [0.25, 0.3) is 0 Å². The van der Waals surface area contributed by atoms with Gasteiger partial charge in [-0.25, -0.2) is 0 Å². The summed E-state index contributed by atoms with van der Waals surface area (Å²) in [6.45, 7) is 7.63. The van der Waals surface area contributed by atoms with E-state index in [-0.39, 0.29) is 11.8 Å². The Kier molecular flexibility index (Phi) is 7.89. The van der Waals surface area contributed by atoms with Crippen molar-refractivity contribution in [3.63, 3.8) is 0 Å². The lowest BCUT2D eigenvalue weighted by molar-refractivity contribution is -0.133. The summed E-state index contributed by atoms with van der Waals surface area (Å²) in [4.78, 5) is 33.5.